The molecule has 92 heavy (non-hydrogen) atoms. The second-order valence-electron chi connectivity index (χ2n) is 26.1. The van der Waals surface area contributed by atoms with Gasteiger partial charge in [-0.15, -0.1) is 0 Å². The highest BCUT2D eigenvalue weighted by atomic mass is 35.5. The fraction of sp³-hybridized carbons (Fsp3) is 0.531. The third-order valence-electron chi connectivity index (χ3n) is 19.0. The van der Waals surface area contributed by atoms with E-state index in [1.54, 1.807) is 41.4 Å². The van der Waals surface area contributed by atoms with Gasteiger partial charge in [0.2, 0.25) is 26.0 Å². The molecular weight excluding hydrogens is 1270 g/mol. The number of hydrogen-bond acceptors (Lipinski definition) is 12. The van der Waals surface area contributed by atoms with E-state index < -0.39 is 31.8 Å². The average molecular weight is 1350 g/mol. The molecule has 5 fully saturated rings. The first kappa shape index (κ1) is 68.2. The number of carbonyl (C=O) groups excluding carboxylic acids is 2. The Morgan fingerprint density at radius 3 is 1.61 bits per heavy atom. The van der Waals surface area contributed by atoms with Gasteiger partial charge in [-0.2, -0.15) is 37.9 Å². The van der Waals surface area contributed by atoms with Crippen LogP contribution in [-0.2, 0) is 31.0 Å². The molecule has 5 aliphatic rings. The van der Waals surface area contributed by atoms with Crippen molar-refractivity contribution in [2.24, 2.45) is 5.92 Å². The highest BCUT2D eigenvalue weighted by Gasteiger charge is 2.39. The number of carbonyl (C=O) groups is 2. The van der Waals surface area contributed by atoms with Crippen molar-refractivity contribution in [2.75, 3.05) is 109 Å². The molecule has 0 spiro atoms. The number of likely N-dealkylation sites (tertiary alicyclic amines) is 2. The second-order valence-corrected chi connectivity index (χ2v) is 31.0. The molecule has 498 valence electrons. The third-order valence-corrected chi connectivity index (χ3v) is 22.1. The van der Waals surface area contributed by atoms with Crippen molar-refractivity contribution in [3.63, 3.8) is 0 Å². The molecule has 21 nitrogen and oxygen atoms in total. The van der Waals surface area contributed by atoms with Gasteiger partial charge >= 0.3 is 12.2 Å². The van der Waals surface area contributed by atoms with E-state index >= 15 is 0 Å². The molecule has 1 aliphatic carbocycles. The first-order chi connectivity index (χ1) is 43.5. The number of alkyl halides is 3. The molecule has 1 unspecified atom stereocenters. The van der Waals surface area contributed by atoms with Crippen molar-refractivity contribution in [2.45, 2.75) is 114 Å². The van der Waals surface area contributed by atoms with Gasteiger partial charge in [-0.1, -0.05) is 36.0 Å². The lowest BCUT2D eigenvalue weighted by Gasteiger charge is -2.45. The zero-order chi connectivity index (χ0) is 66.0. The summed E-state index contributed by atoms with van der Waals surface area (Å²) in [5, 5.41) is 33.5. The Morgan fingerprint density at radius 1 is 0.598 bits per heavy atom. The Balaban J connectivity index is 0.000000135. The van der Waals surface area contributed by atoms with Crippen molar-refractivity contribution < 1.29 is 39.6 Å². The molecular formula is C64H84Cl2F3N15O6S2. The monoisotopic (exact) mass is 1350 g/mol. The van der Waals surface area contributed by atoms with Crippen LogP contribution in [0.4, 0.5) is 29.3 Å². The maximum absolute atomic E-state index is 13.2. The van der Waals surface area contributed by atoms with Crippen LogP contribution in [0.5, 0.6) is 0 Å². The van der Waals surface area contributed by atoms with E-state index in [4.69, 9.17) is 23.2 Å². The number of nitrogens with zero attached hydrogens (tertiary/aromatic N) is 11. The number of hydrogen-bond donors (Lipinski definition) is 4. The van der Waals surface area contributed by atoms with Gasteiger partial charge in [-0.25, -0.2) is 25.9 Å². The van der Waals surface area contributed by atoms with Gasteiger partial charge in [-0.05, 0) is 154 Å². The number of sulfonamides is 2. The first-order valence-electron chi connectivity index (χ1n) is 31.4. The van der Waals surface area contributed by atoms with Crippen LogP contribution in [-0.4, -0.2) is 198 Å². The van der Waals surface area contributed by atoms with Crippen molar-refractivity contribution in [3.8, 4) is 0 Å². The Labute approximate surface area is 545 Å². The number of amides is 3. The SMILES string of the molecule is CC(=O)N1CCC(c2cc(C(F)(F)F)cc3[nH]ncc23)CC1(C)C.CN(C)C(=O)N1CCC(c2cc(Cl)cc3[nH]ncc23)CC1.CN(CC1CCN(c2cc(Cl)cc3[nH]ncc23)CC1)S(C)(=O)=O.CS(=O)(=O)N1CCN(c2cc(C3CCCC3)cc3[nH]ncc23)CC1. The largest absolute Gasteiger partial charge is 0.416 e. The molecule has 8 heterocycles. The smallest absolute Gasteiger partial charge is 0.371 e. The normalized spacial score (nSPS) is 19.1. The molecule has 4 aromatic heterocycles. The Morgan fingerprint density at radius 2 is 1.09 bits per heavy atom. The number of nitrogens with one attached hydrogen (secondary N) is 4. The minimum Gasteiger partial charge on any atom is -0.371 e. The Kier molecular flexibility index (Phi) is 20.8. The molecule has 1 atom stereocenters. The van der Waals surface area contributed by atoms with Gasteiger partial charge in [0.05, 0.1) is 64.9 Å². The fourth-order valence-electron chi connectivity index (χ4n) is 14.1. The van der Waals surface area contributed by atoms with Crippen LogP contribution in [0.1, 0.15) is 125 Å². The number of fused-ring (bicyclic) bond motifs is 4. The van der Waals surface area contributed by atoms with Gasteiger partial charge in [0, 0.05) is 142 Å². The topological polar surface area (TPSA) is 240 Å². The summed E-state index contributed by atoms with van der Waals surface area (Å²) < 4.78 is 89.1. The van der Waals surface area contributed by atoms with Crippen LogP contribution < -0.4 is 9.80 Å². The van der Waals surface area contributed by atoms with Crippen molar-refractivity contribution in [1.29, 1.82) is 0 Å². The summed E-state index contributed by atoms with van der Waals surface area (Å²) in [6.07, 6.45) is 15.6. The van der Waals surface area contributed by atoms with Gasteiger partial charge in [0.15, 0.2) is 0 Å². The van der Waals surface area contributed by atoms with Crippen molar-refractivity contribution >= 4 is 110 Å². The number of aromatic nitrogens is 8. The summed E-state index contributed by atoms with van der Waals surface area (Å²) in [5.74, 6) is 1.42. The molecule has 3 amide bonds. The lowest BCUT2D eigenvalue weighted by atomic mass is 9.78. The Bertz CT molecular complexity index is 4130. The highest BCUT2D eigenvalue weighted by Crippen LogP contribution is 2.44. The summed E-state index contributed by atoms with van der Waals surface area (Å²) in [5.41, 5.74) is 7.91. The lowest BCUT2D eigenvalue weighted by molar-refractivity contribution is -0.137. The number of urea groups is 1. The number of H-pyrrole nitrogens is 4. The van der Waals surface area contributed by atoms with Gasteiger partial charge in [0.1, 0.15) is 0 Å². The summed E-state index contributed by atoms with van der Waals surface area (Å²) >= 11 is 12.4. The summed E-state index contributed by atoms with van der Waals surface area (Å²) in [6.45, 7) is 12.5. The number of piperidine rings is 3. The van der Waals surface area contributed by atoms with E-state index in [0.29, 0.717) is 72.9 Å². The van der Waals surface area contributed by atoms with Crippen LogP contribution >= 0.6 is 23.2 Å². The van der Waals surface area contributed by atoms with E-state index in [1.165, 1.54) is 72.3 Å². The highest BCUT2D eigenvalue weighted by molar-refractivity contribution is 7.88. The number of aromatic amines is 4. The second kappa shape index (κ2) is 28.1. The van der Waals surface area contributed by atoms with Crippen molar-refractivity contribution in [1.82, 2.24) is 64.1 Å². The van der Waals surface area contributed by atoms with Gasteiger partial charge in [0.25, 0.3) is 0 Å². The zero-order valence-corrected chi connectivity index (χ0v) is 56.6. The number of piperazine rings is 1. The van der Waals surface area contributed by atoms with E-state index in [2.05, 4.69) is 62.7 Å². The zero-order valence-electron chi connectivity index (χ0n) is 53.5. The molecule has 13 rings (SSSR count). The van der Waals surface area contributed by atoms with E-state index in [-0.39, 0.29) is 23.4 Å². The molecule has 4 aliphatic heterocycles. The molecule has 8 aromatic rings. The predicted molar refractivity (Wildman–Crippen MR) is 358 cm³/mol. The number of rotatable bonds is 9. The van der Waals surface area contributed by atoms with Crippen LogP contribution in [0.2, 0.25) is 10.0 Å². The quantitative estimate of drug-likeness (QED) is 0.106. The summed E-state index contributed by atoms with van der Waals surface area (Å²) in [4.78, 5) is 33.7. The maximum Gasteiger partial charge on any atom is 0.416 e. The minimum absolute atomic E-state index is 0.00375. The molecule has 4 N–H and O–H groups in total. The van der Waals surface area contributed by atoms with Crippen LogP contribution in [0.15, 0.2) is 73.3 Å². The summed E-state index contributed by atoms with van der Waals surface area (Å²) in [6, 6.07) is 14.8. The number of halogens is 5. The lowest BCUT2D eigenvalue weighted by Crippen LogP contribution is -2.51. The molecule has 0 radical (unpaired) electrons. The predicted octanol–water partition coefficient (Wildman–Crippen LogP) is 11.8. The summed E-state index contributed by atoms with van der Waals surface area (Å²) in [7, 11) is -0.971. The minimum atomic E-state index is -4.40. The average Bonchev–Trinajstić information content (AvgIpc) is 1.39. The molecule has 4 aromatic carbocycles. The van der Waals surface area contributed by atoms with E-state index in [9.17, 15) is 39.6 Å². The fourth-order valence-corrected chi connectivity index (χ4v) is 15.8. The van der Waals surface area contributed by atoms with Crippen LogP contribution in [0, 0.1) is 5.92 Å². The van der Waals surface area contributed by atoms with Crippen LogP contribution in [0.25, 0.3) is 43.6 Å². The van der Waals surface area contributed by atoms with Crippen LogP contribution in [0.3, 0.4) is 0 Å². The van der Waals surface area contributed by atoms with E-state index in [1.807, 2.05) is 61.6 Å². The standard InChI is InChI=1S/C17H20F3N3O.C17H24N4O2S.C15H21ClN4O2S.C15H19ClN4O/c1-10(24)23-5-4-11(8-16(23,2)3)13-6-12(17(18,19)20)7-15-14(13)9-21-22-15;1-24(22,23)21-8-6-20(7-9-21)17-11-14(13-4-2-3-5-13)10-16-15(17)12-18-19-16;1-19(23(2,21)22)10-11-3-5-20(6-4-11)15-8-12(16)7-14-13(15)9-17-18-14;1-19(2)15(21)20-5-3-10(4-6-20)12-7-11(16)8-14-13(12)9-17-18-14/h6-7,9,11H,4-5,8H2,1-3H3,(H,21,22);10-13H,2-9H2,1H3,(H,18,19);7-9,11H,3-6,10H2,1-2H3,(H,17,18);7-10H,3-6H2,1-2H3,(H,17,18). The van der Waals surface area contributed by atoms with Gasteiger partial charge in [-0.3, -0.25) is 25.2 Å². The molecule has 28 heteroatoms. The Hall–Kier alpha value is -6.71. The maximum atomic E-state index is 13.2. The van der Waals surface area contributed by atoms with E-state index in [0.717, 1.165) is 120 Å². The molecule has 0 bridgehead atoms. The molecule has 1 saturated carbocycles. The number of benzene rings is 4. The first-order valence-corrected chi connectivity index (χ1v) is 35.8. The van der Waals surface area contributed by atoms with Gasteiger partial charge < -0.3 is 24.5 Å². The van der Waals surface area contributed by atoms with Crippen molar-refractivity contribution in [3.05, 3.63) is 106 Å². The number of anilines is 2. The molecule has 4 saturated heterocycles. The third kappa shape index (κ3) is 15.9.